The third-order valence-corrected chi connectivity index (χ3v) is 4.55. The molecule has 25 heavy (non-hydrogen) atoms. The van der Waals surface area contributed by atoms with Gasteiger partial charge in [-0.2, -0.15) is 0 Å². The second-order valence-electron chi connectivity index (χ2n) is 6.19. The number of pyridine rings is 1. The van der Waals surface area contributed by atoms with Crippen molar-refractivity contribution in [2.75, 3.05) is 0 Å². The Morgan fingerprint density at radius 2 is 1.96 bits per heavy atom. The highest BCUT2D eigenvalue weighted by atomic mass is 16.5. The van der Waals surface area contributed by atoms with Crippen molar-refractivity contribution < 1.29 is 9.32 Å². The van der Waals surface area contributed by atoms with Gasteiger partial charge >= 0.3 is 5.76 Å². The first kappa shape index (κ1) is 15.5. The van der Waals surface area contributed by atoms with Gasteiger partial charge in [0.25, 0.3) is 0 Å². The van der Waals surface area contributed by atoms with Gasteiger partial charge in [0, 0.05) is 11.8 Å². The monoisotopic (exact) mass is 335 g/mol. The maximum atomic E-state index is 12.7. The number of hydrogen-bond acceptors (Lipinski definition) is 5. The molecule has 0 fully saturated rings. The molecule has 0 amide bonds. The van der Waals surface area contributed by atoms with E-state index in [1.165, 1.54) is 22.1 Å². The molecular weight excluding hydrogens is 318 g/mol. The summed E-state index contributed by atoms with van der Waals surface area (Å²) < 4.78 is 5.97. The first-order valence-corrected chi connectivity index (χ1v) is 8.35. The fraction of sp³-hybridized carbons (Fsp3) is 0.263. The molecule has 126 valence electrons. The Morgan fingerprint density at radius 1 is 1.12 bits per heavy atom. The van der Waals surface area contributed by atoms with Crippen molar-refractivity contribution in [3.8, 4) is 11.5 Å². The SMILES string of the molecule is O=C(Cn1c(-c2ccccn2)noc1=O)c1ccc2c(c1)CCCC2. The fourth-order valence-electron chi connectivity index (χ4n) is 3.23. The van der Waals surface area contributed by atoms with Gasteiger partial charge < -0.3 is 0 Å². The molecule has 0 radical (unpaired) electrons. The Hall–Kier alpha value is -3.02. The van der Waals surface area contributed by atoms with Crippen LogP contribution in [-0.2, 0) is 19.4 Å². The lowest BCUT2D eigenvalue weighted by Crippen LogP contribution is -2.21. The largest absolute Gasteiger partial charge is 0.442 e. The Balaban J connectivity index is 1.64. The van der Waals surface area contributed by atoms with Gasteiger partial charge in [0.05, 0.1) is 6.54 Å². The average Bonchev–Trinajstić information content (AvgIpc) is 3.02. The van der Waals surface area contributed by atoms with Crippen LogP contribution in [0.1, 0.15) is 34.3 Å². The summed E-state index contributed by atoms with van der Waals surface area (Å²) in [6.45, 7) is -0.118. The molecular formula is C19H17N3O3. The number of rotatable bonds is 4. The molecule has 0 saturated heterocycles. The summed E-state index contributed by atoms with van der Waals surface area (Å²) in [7, 11) is 0. The first-order valence-electron chi connectivity index (χ1n) is 8.35. The molecule has 6 nitrogen and oxygen atoms in total. The molecule has 1 aliphatic carbocycles. The number of hydrogen-bond donors (Lipinski definition) is 0. The van der Waals surface area contributed by atoms with E-state index in [1.54, 1.807) is 24.4 Å². The highest BCUT2D eigenvalue weighted by Crippen LogP contribution is 2.23. The Kier molecular flexibility index (Phi) is 4.01. The van der Waals surface area contributed by atoms with Gasteiger partial charge in [0.15, 0.2) is 5.78 Å². The van der Waals surface area contributed by atoms with Crippen molar-refractivity contribution in [2.45, 2.75) is 32.2 Å². The van der Waals surface area contributed by atoms with Crippen molar-refractivity contribution in [3.63, 3.8) is 0 Å². The number of benzene rings is 1. The van der Waals surface area contributed by atoms with E-state index in [4.69, 9.17) is 4.52 Å². The van der Waals surface area contributed by atoms with Crippen LogP contribution < -0.4 is 5.76 Å². The van der Waals surface area contributed by atoms with E-state index < -0.39 is 5.76 Å². The third-order valence-electron chi connectivity index (χ3n) is 4.55. The summed E-state index contributed by atoms with van der Waals surface area (Å²) in [6.07, 6.45) is 6.02. The van der Waals surface area contributed by atoms with Crippen LogP contribution in [0.4, 0.5) is 0 Å². The second-order valence-corrected chi connectivity index (χ2v) is 6.19. The highest BCUT2D eigenvalue weighted by Gasteiger charge is 2.19. The molecule has 0 bridgehead atoms. The van der Waals surface area contributed by atoms with Crippen LogP contribution in [0.15, 0.2) is 51.9 Å². The number of aryl methyl sites for hydroxylation is 2. The van der Waals surface area contributed by atoms with E-state index in [2.05, 4.69) is 10.1 Å². The number of carbonyl (C=O) groups excluding carboxylic acids is 1. The van der Waals surface area contributed by atoms with Crippen LogP contribution in [0, 0.1) is 0 Å². The third kappa shape index (κ3) is 3.03. The van der Waals surface area contributed by atoms with E-state index >= 15 is 0 Å². The summed E-state index contributed by atoms with van der Waals surface area (Å²) >= 11 is 0. The zero-order valence-corrected chi connectivity index (χ0v) is 13.6. The summed E-state index contributed by atoms with van der Waals surface area (Å²) in [5.74, 6) is -0.542. The van der Waals surface area contributed by atoms with Crippen LogP contribution in [0.2, 0.25) is 0 Å². The molecule has 2 heterocycles. The number of Topliss-reactive ketones (excluding diaryl/α,β-unsaturated/α-hetero) is 1. The molecule has 0 spiro atoms. The van der Waals surface area contributed by atoms with Crippen LogP contribution in [0.5, 0.6) is 0 Å². The molecule has 1 aliphatic rings. The minimum atomic E-state index is -0.660. The summed E-state index contributed by atoms with van der Waals surface area (Å²) in [6, 6.07) is 11.1. The van der Waals surface area contributed by atoms with E-state index in [9.17, 15) is 9.59 Å². The topological polar surface area (TPSA) is 78.0 Å². The van der Waals surface area contributed by atoms with Gasteiger partial charge in [0.2, 0.25) is 5.82 Å². The molecule has 0 unspecified atom stereocenters. The molecule has 0 N–H and O–H groups in total. The number of aromatic nitrogens is 3. The van der Waals surface area contributed by atoms with Crippen LogP contribution in [0.3, 0.4) is 0 Å². The Morgan fingerprint density at radius 3 is 2.76 bits per heavy atom. The van der Waals surface area contributed by atoms with E-state index in [0.717, 1.165) is 19.3 Å². The lowest BCUT2D eigenvalue weighted by atomic mass is 9.90. The molecule has 2 aromatic heterocycles. The lowest BCUT2D eigenvalue weighted by molar-refractivity contribution is 0.0969. The zero-order valence-electron chi connectivity index (χ0n) is 13.6. The van der Waals surface area contributed by atoms with Crippen molar-refractivity contribution >= 4 is 5.78 Å². The molecule has 3 aromatic rings. The van der Waals surface area contributed by atoms with Crippen molar-refractivity contribution in [1.29, 1.82) is 0 Å². The Bertz CT molecular complexity index is 973. The van der Waals surface area contributed by atoms with Crippen molar-refractivity contribution in [1.82, 2.24) is 14.7 Å². The number of nitrogens with zero attached hydrogens (tertiary/aromatic N) is 3. The lowest BCUT2D eigenvalue weighted by Gasteiger charge is -2.16. The normalized spacial score (nSPS) is 13.4. The molecule has 0 aliphatic heterocycles. The minimum absolute atomic E-state index is 0.118. The van der Waals surface area contributed by atoms with Gasteiger partial charge in [-0.05, 0) is 55.0 Å². The van der Waals surface area contributed by atoms with Crippen LogP contribution in [0.25, 0.3) is 11.5 Å². The predicted octanol–water partition coefficient (Wildman–Crippen LogP) is 2.66. The van der Waals surface area contributed by atoms with Crippen LogP contribution >= 0.6 is 0 Å². The van der Waals surface area contributed by atoms with Gasteiger partial charge in [0.1, 0.15) is 5.69 Å². The predicted molar refractivity (Wildman–Crippen MR) is 91.4 cm³/mol. The summed E-state index contributed by atoms with van der Waals surface area (Å²) in [5.41, 5.74) is 3.66. The number of carbonyl (C=O) groups is 1. The van der Waals surface area contributed by atoms with E-state index in [-0.39, 0.29) is 18.2 Å². The fourth-order valence-corrected chi connectivity index (χ4v) is 3.23. The summed E-state index contributed by atoms with van der Waals surface area (Å²) in [4.78, 5) is 28.8. The average molecular weight is 335 g/mol. The zero-order chi connectivity index (χ0) is 17.2. The maximum absolute atomic E-state index is 12.7. The molecule has 0 saturated carbocycles. The van der Waals surface area contributed by atoms with E-state index in [0.29, 0.717) is 11.3 Å². The molecule has 4 rings (SSSR count). The van der Waals surface area contributed by atoms with Gasteiger partial charge in [-0.1, -0.05) is 23.4 Å². The summed E-state index contributed by atoms with van der Waals surface area (Å²) in [5, 5.41) is 3.76. The number of ketones is 1. The highest BCUT2D eigenvalue weighted by molar-refractivity contribution is 5.96. The first-order chi connectivity index (χ1) is 12.2. The van der Waals surface area contributed by atoms with Crippen molar-refractivity contribution in [2.24, 2.45) is 0 Å². The van der Waals surface area contributed by atoms with Gasteiger partial charge in [-0.25, -0.2) is 9.36 Å². The number of fused-ring (bicyclic) bond motifs is 1. The smallest absolute Gasteiger partial charge is 0.295 e. The molecule has 0 atom stereocenters. The van der Waals surface area contributed by atoms with Crippen molar-refractivity contribution in [3.05, 3.63) is 69.8 Å². The minimum Gasteiger partial charge on any atom is -0.295 e. The maximum Gasteiger partial charge on any atom is 0.442 e. The quantitative estimate of drug-likeness (QED) is 0.685. The van der Waals surface area contributed by atoms with Crippen LogP contribution in [-0.4, -0.2) is 20.5 Å². The van der Waals surface area contributed by atoms with Gasteiger partial charge in [-0.15, -0.1) is 0 Å². The Labute approximate surface area is 144 Å². The van der Waals surface area contributed by atoms with E-state index in [1.807, 2.05) is 18.2 Å². The molecule has 6 heteroatoms. The van der Waals surface area contributed by atoms with Gasteiger partial charge in [-0.3, -0.25) is 14.3 Å². The standard InChI is InChI=1S/C19H17N3O3/c23-17(15-9-8-13-5-1-2-6-14(13)11-15)12-22-18(21-25-19(22)24)16-7-3-4-10-20-16/h3-4,7-11H,1-2,5-6,12H2. The second kappa shape index (κ2) is 6.47. The molecule has 1 aromatic carbocycles.